The minimum absolute atomic E-state index is 0.682. The van der Waals surface area contributed by atoms with Crippen LogP contribution in [0.25, 0.3) is 0 Å². The second-order valence-electron chi connectivity index (χ2n) is 3.49. The molecular weight excluding hydrogens is 168 g/mol. The van der Waals surface area contributed by atoms with Crippen molar-refractivity contribution in [2.75, 3.05) is 19.5 Å². The first-order valence-corrected chi connectivity index (χ1v) is 5.49. The fraction of sp³-hybridized carbons (Fsp3) is 1.00. The highest BCUT2D eigenvalue weighted by Gasteiger charge is 2.14. The molecule has 2 atom stereocenters. The molecule has 2 heteroatoms. The molecule has 0 amide bonds. The van der Waals surface area contributed by atoms with Crippen molar-refractivity contribution < 1.29 is 4.74 Å². The Balaban J connectivity index is 3.72. The summed E-state index contributed by atoms with van der Waals surface area (Å²) in [4.78, 5) is 0. The predicted octanol–water partition coefficient (Wildman–Crippen LogP) is 3.01. The van der Waals surface area contributed by atoms with Gasteiger partial charge < -0.3 is 4.74 Å². The molecule has 2 unspecified atom stereocenters. The average molecular weight is 190 g/mol. The third-order valence-electron chi connectivity index (χ3n) is 2.39. The molecule has 0 bridgehead atoms. The van der Waals surface area contributed by atoms with Crippen LogP contribution in [-0.4, -0.2) is 19.5 Å². The highest BCUT2D eigenvalue weighted by atomic mass is 32.1. The van der Waals surface area contributed by atoms with Crippen LogP contribution in [0.3, 0.4) is 0 Å². The van der Waals surface area contributed by atoms with Crippen LogP contribution in [-0.2, 0) is 4.74 Å². The average Bonchev–Trinajstić information content (AvgIpc) is 2.04. The Morgan fingerprint density at radius 2 is 2.00 bits per heavy atom. The lowest BCUT2D eigenvalue weighted by Gasteiger charge is -2.22. The van der Waals surface area contributed by atoms with Gasteiger partial charge in [0.1, 0.15) is 0 Å². The van der Waals surface area contributed by atoms with Crippen LogP contribution in [0.15, 0.2) is 0 Å². The summed E-state index contributed by atoms with van der Waals surface area (Å²) in [6.07, 6.45) is 3.80. The van der Waals surface area contributed by atoms with Gasteiger partial charge in [0.2, 0.25) is 0 Å². The van der Waals surface area contributed by atoms with Crippen molar-refractivity contribution in [2.45, 2.75) is 33.1 Å². The molecule has 0 radical (unpaired) electrons. The van der Waals surface area contributed by atoms with Crippen LogP contribution in [0, 0.1) is 11.8 Å². The quantitative estimate of drug-likeness (QED) is 0.607. The van der Waals surface area contributed by atoms with Gasteiger partial charge in [0.15, 0.2) is 0 Å². The van der Waals surface area contributed by atoms with Crippen molar-refractivity contribution in [3.63, 3.8) is 0 Å². The van der Waals surface area contributed by atoms with Crippen molar-refractivity contribution in [3.05, 3.63) is 0 Å². The lowest BCUT2D eigenvalue weighted by molar-refractivity contribution is 0.124. The van der Waals surface area contributed by atoms with E-state index in [4.69, 9.17) is 4.74 Å². The molecule has 0 aromatic rings. The van der Waals surface area contributed by atoms with Gasteiger partial charge in [-0.3, -0.25) is 0 Å². The van der Waals surface area contributed by atoms with E-state index in [1.54, 1.807) is 7.11 Å². The Kier molecular flexibility index (Phi) is 8.14. The molecule has 0 aromatic carbocycles. The maximum Gasteiger partial charge on any atom is 0.0490 e. The lowest BCUT2D eigenvalue weighted by atomic mass is 9.88. The molecular formula is C10H22OS. The molecule has 0 heterocycles. The van der Waals surface area contributed by atoms with Crippen LogP contribution in [0.4, 0.5) is 0 Å². The van der Waals surface area contributed by atoms with Crippen LogP contribution in [0.2, 0.25) is 0 Å². The van der Waals surface area contributed by atoms with Gasteiger partial charge in [-0.1, -0.05) is 26.7 Å². The van der Waals surface area contributed by atoms with E-state index in [1.165, 1.54) is 19.3 Å². The summed E-state index contributed by atoms with van der Waals surface area (Å²) in [5.74, 6) is 2.48. The SMILES string of the molecule is CCCC(CCS)C(C)COC. The number of hydrogen-bond donors (Lipinski definition) is 1. The van der Waals surface area contributed by atoms with E-state index in [0.717, 1.165) is 18.3 Å². The van der Waals surface area contributed by atoms with Crippen LogP contribution in [0.5, 0.6) is 0 Å². The summed E-state index contributed by atoms with van der Waals surface area (Å²) in [7, 11) is 1.78. The van der Waals surface area contributed by atoms with Gasteiger partial charge in [-0.15, -0.1) is 0 Å². The van der Waals surface area contributed by atoms with Crippen LogP contribution in [0.1, 0.15) is 33.1 Å². The molecule has 0 aliphatic heterocycles. The molecule has 1 nitrogen and oxygen atoms in total. The first kappa shape index (κ1) is 12.3. The van der Waals surface area contributed by atoms with Crippen molar-refractivity contribution in [2.24, 2.45) is 11.8 Å². The Hall–Kier alpha value is 0.310. The number of hydrogen-bond acceptors (Lipinski definition) is 2. The van der Waals surface area contributed by atoms with E-state index in [2.05, 4.69) is 26.5 Å². The summed E-state index contributed by atoms with van der Waals surface area (Å²) in [5.41, 5.74) is 0. The van der Waals surface area contributed by atoms with Gasteiger partial charge in [0.25, 0.3) is 0 Å². The molecule has 0 aliphatic rings. The smallest absolute Gasteiger partial charge is 0.0490 e. The number of rotatable bonds is 7. The zero-order valence-corrected chi connectivity index (χ0v) is 9.44. The summed E-state index contributed by atoms with van der Waals surface area (Å²) in [5, 5.41) is 0. The summed E-state index contributed by atoms with van der Waals surface area (Å²) < 4.78 is 5.15. The maximum absolute atomic E-state index is 5.15. The van der Waals surface area contributed by atoms with Crippen molar-refractivity contribution in [1.82, 2.24) is 0 Å². The minimum atomic E-state index is 0.682. The Bertz CT molecular complexity index is 89.8. The summed E-state index contributed by atoms with van der Waals surface area (Å²) in [6.45, 7) is 5.40. The molecule has 0 aliphatic carbocycles. The molecule has 0 N–H and O–H groups in total. The zero-order chi connectivity index (χ0) is 9.40. The standard InChI is InChI=1S/C10H22OS/c1-4-5-10(6-7-12)9(2)8-11-3/h9-10,12H,4-8H2,1-3H3. The van der Waals surface area contributed by atoms with Gasteiger partial charge in [0.05, 0.1) is 0 Å². The fourth-order valence-electron chi connectivity index (χ4n) is 1.65. The molecule has 0 saturated carbocycles. The predicted molar refractivity (Wildman–Crippen MR) is 57.9 cm³/mol. The first-order chi connectivity index (χ1) is 5.76. The fourth-order valence-corrected chi connectivity index (χ4v) is 1.98. The van der Waals surface area contributed by atoms with Crippen molar-refractivity contribution in [3.8, 4) is 0 Å². The maximum atomic E-state index is 5.15. The molecule has 0 aromatic heterocycles. The van der Waals surface area contributed by atoms with Gasteiger partial charge in [-0.25, -0.2) is 0 Å². The third-order valence-corrected chi connectivity index (χ3v) is 2.65. The number of methoxy groups -OCH3 is 1. The molecule has 0 fully saturated rings. The minimum Gasteiger partial charge on any atom is -0.384 e. The zero-order valence-electron chi connectivity index (χ0n) is 8.55. The van der Waals surface area contributed by atoms with E-state index in [-0.39, 0.29) is 0 Å². The van der Waals surface area contributed by atoms with Crippen LogP contribution < -0.4 is 0 Å². The normalized spacial score (nSPS) is 16.0. The topological polar surface area (TPSA) is 9.23 Å². The van der Waals surface area contributed by atoms with E-state index < -0.39 is 0 Å². The second kappa shape index (κ2) is 7.93. The van der Waals surface area contributed by atoms with Gasteiger partial charge >= 0.3 is 0 Å². The Morgan fingerprint density at radius 1 is 1.33 bits per heavy atom. The highest BCUT2D eigenvalue weighted by molar-refractivity contribution is 7.80. The summed E-state index contributed by atoms with van der Waals surface area (Å²) in [6, 6.07) is 0. The largest absolute Gasteiger partial charge is 0.384 e. The molecule has 12 heavy (non-hydrogen) atoms. The van der Waals surface area contributed by atoms with E-state index >= 15 is 0 Å². The highest BCUT2D eigenvalue weighted by Crippen LogP contribution is 2.21. The van der Waals surface area contributed by atoms with Crippen LogP contribution >= 0.6 is 12.6 Å². The van der Waals surface area contributed by atoms with E-state index in [0.29, 0.717) is 5.92 Å². The number of ether oxygens (including phenoxy) is 1. The first-order valence-electron chi connectivity index (χ1n) is 4.86. The van der Waals surface area contributed by atoms with Crippen molar-refractivity contribution >= 4 is 12.6 Å². The van der Waals surface area contributed by atoms with Crippen molar-refractivity contribution in [1.29, 1.82) is 0 Å². The Morgan fingerprint density at radius 3 is 2.42 bits per heavy atom. The Labute approximate surface area is 82.3 Å². The number of thiol groups is 1. The second-order valence-corrected chi connectivity index (χ2v) is 3.94. The molecule has 0 spiro atoms. The molecule has 0 rings (SSSR count). The third kappa shape index (κ3) is 5.04. The molecule has 74 valence electrons. The monoisotopic (exact) mass is 190 g/mol. The summed E-state index contributed by atoms with van der Waals surface area (Å²) >= 11 is 4.27. The van der Waals surface area contributed by atoms with E-state index in [1.807, 2.05) is 0 Å². The van der Waals surface area contributed by atoms with Gasteiger partial charge in [-0.2, -0.15) is 12.6 Å². The van der Waals surface area contributed by atoms with E-state index in [9.17, 15) is 0 Å². The lowest BCUT2D eigenvalue weighted by Crippen LogP contribution is -2.17. The van der Waals surface area contributed by atoms with Gasteiger partial charge in [-0.05, 0) is 24.0 Å². The van der Waals surface area contributed by atoms with Gasteiger partial charge in [0, 0.05) is 13.7 Å². The molecule has 0 saturated heterocycles.